The molecule has 0 aliphatic carbocycles. The lowest BCUT2D eigenvalue weighted by molar-refractivity contribution is 0.0595. The average molecular weight is 313 g/mol. The number of likely N-dealkylation sites (tertiary alicyclic amines) is 1. The molecule has 0 unspecified atom stereocenters. The van der Waals surface area contributed by atoms with Crippen LogP contribution >= 0.6 is 0 Å². The van der Waals surface area contributed by atoms with Gasteiger partial charge in [-0.05, 0) is 43.3 Å². The quantitative estimate of drug-likeness (QED) is 0.862. The van der Waals surface area contributed by atoms with E-state index in [-0.39, 0.29) is 17.8 Å². The van der Waals surface area contributed by atoms with Crippen molar-refractivity contribution in [3.63, 3.8) is 0 Å². The Kier molecular flexibility index (Phi) is 4.60. The zero-order valence-corrected chi connectivity index (χ0v) is 13.2. The fourth-order valence-corrected chi connectivity index (χ4v) is 2.76. The number of aryl methyl sites for hydroxylation is 1. The van der Waals surface area contributed by atoms with Crippen LogP contribution in [0.1, 0.15) is 28.8 Å². The molecule has 4 heteroatoms. The lowest BCUT2D eigenvalue weighted by Crippen LogP contribution is -2.41. The van der Waals surface area contributed by atoms with Crippen molar-refractivity contribution >= 4 is 5.91 Å². The Labute approximate surface area is 135 Å². The lowest BCUT2D eigenvalue weighted by atomic mass is 10.1. The molecule has 23 heavy (non-hydrogen) atoms. The molecule has 120 valence electrons. The van der Waals surface area contributed by atoms with E-state index in [2.05, 4.69) is 0 Å². The molecule has 0 saturated carbocycles. The molecule has 1 aliphatic rings. The second-order valence-electron chi connectivity index (χ2n) is 5.93. The predicted molar refractivity (Wildman–Crippen MR) is 87.1 cm³/mol. The maximum absolute atomic E-state index is 12.9. The summed E-state index contributed by atoms with van der Waals surface area (Å²) in [6, 6.07) is 13.7. The van der Waals surface area contributed by atoms with Crippen molar-refractivity contribution in [1.82, 2.24) is 4.90 Å². The van der Waals surface area contributed by atoms with Crippen molar-refractivity contribution in [2.45, 2.75) is 25.9 Å². The van der Waals surface area contributed by atoms with Crippen LogP contribution < -0.4 is 4.74 Å². The molecule has 1 heterocycles. The first-order valence-corrected chi connectivity index (χ1v) is 7.90. The van der Waals surface area contributed by atoms with E-state index in [9.17, 15) is 9.18 Å². The highest BCUT2D eigenvalue weighted by Crippen LogP contribution is 2.20. The van der Waals surface area contributed by atoms with Gasteiger partial charge in [0.2, 0.25) is 0 Å². The van der Waals surface area contributed by atoms with Crippen LogP contribution in [0.2, 0.25) is 0 Å². The van der Waals surface area contributed by atoms with E-state index in [0.29, 0.717) is 18.7 Å². The Bertz CT molecular complexity index is 659. The van der Waals surface area contributed by atoms with Gasteiger partial charge in [0.15, 0.2) is 0 Å². The highest BCUT2D eigenvalue weighted by molar-refractivity contribution is 5.94. The summed E-state index contributed by atoms with van der Waals surface area (Å²) in [5, 5.41) is 0. The number of carbonyl (C=O) groups excluding carboxylic acids is 1. The maximum Gasteiger partial charge on any atom is 0.253 e. The Hall–Kier alpha value is -2.36. The predicted octanol–water partition coefficient (Wildman–Crippen LogP) is 3.82. The molecule has 0 spiro atoms. The Balaban J connectivity index is 1.54. The number of hydrogen-bond acceptors (Lipinski definition) is 2. The largest absolute Gasteiger partial charge is 0.490 e. The number of carbonyl (C=O) groups is 1. The first-order chi connectivity index (χ1) is 11.1. The van der Waals surface area contributed by atoms with E-state index in [4.69, 9.17) is 4.74 Å². The summed E-state index contributed by atoms with van der Waals surface area (Å²) in [5.74, 6) is 0.504. The molecule has 0 radical (unpaired) electrons. The van der Waals surface area contributed by atoms with Gasteiger partial charge in [-0.1, -0.05) is 17.7 Å². The van der Waals surface area contributed by atoms with Crippen LogP contribution in [0.4, 0.5) is 4.39 Å². The number of piperidine rings is 1. The van der Waals surface area contributed by atoms with Crippen LogP contribution in [-0.4, -0.2) is 30.0 Å². The molecule has 3 nitrogen and oxygen atoms in total. The van der Waals surface area contributed by atoms with Crippen LogP contribution in [0, 0.1) is 12.7 Å². The number of nitrogens with zero attached hydrogens (tertiary/aromatic N) is 1. The van der Waals surface area contributed by atoms with Gasteiger partial charge in [0.25, 0.3) is 5.91 Å². The summed E-state index contributed by atoms with van der Waals surface area (Å²) < 4.78 is 18.9. The Morgan fingerprint density at radius 3 is 2.26 bits per heavy atom. The number of hydrogen-bond donors (Lipinski definition) is 0. The van der Waals surface area contributed by atoms with Gasteiger partial charge >= 0.3 is 0 Å². The van der Waals surface area contributed by atoms with E-state index in [1.807, 2.05) is 36.1 Å². The van der Waals surface area contributed by atoms with Gasteiger partial charge in [0.1, 0.15) is 17.7 Å². The summed E-state index contributed by atoms with van der Waals surface area (Å²) in [4.78, 5) is 14.2. The highest BCUT2D eigenvalue weighted by Gasteiger charge is 2.24. The standard InChI is InChI=1S/C19H20FNO2/c1-14-2-8-17(9-3-14)23-18-10-12-21(13-11-18)19(22)15-4-6-16(20)7-5-15/h2-9,18H,10-13H2,1H3. The SMILES string of the molecule is Cc1ccc(OC2CCN(C(=O)c3ccc(F)cc3)CC2)cc1. The summed E-state index contributed by atoms with van der Waals surface area (Å²) in [7, 11) is 0. The first kappa shape index (κ1) is 15.5. The van der Waals surface area contributed by atoms with E-state index in [1.54, 1.807) is 0 Å². The van der Waals surface area contributed by atoms with Crippen molar-refractivity contribution in [3.8, 4) is 5.75 Å². The molecule has 0 bridgehead atoms. The highest BCUT2D eigenvalue weighted by atomic mass is 19.1. The van der Waals surface area contributed by atoms with Crippen molar-refractivity contribution in [2.75, 3.05) is 13.1 Å². The number of benzene rings is 2. The van der Waals surface area contributed by atoms with Crippen molar-refractivity contribution in [1.29, 1.82) is 0 Å². The topological polar surface area (TPSA) is 29.5 Å². The van der Waals surface area contributed by atoms with Crippen LogP contribution in [0.3, 0.4) is 0 Å². The lowest BCUT2D eigenvalue weighted by Gasteiger charge is -2.32. The summed E-state index contributed by atoms with van der Waals surface area (Å²) >= 11 is 0. The van der Waals surface area contributed by atoms with E-state index < -0.39 is 0 Å². The van der Waals surface area contributed by atoms with Crippen molar-refractivity contribution in [2.24, 2.45) is 0 Å². The molecule has 0 aromatic heterocycles. The Morgan fingerprint density at radius 2 is 1.65 bits per heavy atom. The monoisotopic (exact) mass is 313 g/mol. The minimum Gasteiger partial charge on any atom is -0.490 e. The number of rotatable bonds is 3. The van der Waals surface area contributed by atoms with Gasteiger partial charge in [-0.25, -0.2) is 4.39 Å². The third-order valence-electron chi connectivity index (χ3n) is 4.14. The fourth-order valence-electron chi connectivity index (χ4n) is 2.76. The number of halogens is 1. The zero-order chi connectivity index (χ0) is 16.2. The van der Waals surface area contributed by atoms with Crippen molar-refractivity contribution in [3.05, 3.63) is 65.5 Å². The maximum atomic E-state index is 12.9. The van der Waals surface area contributed by atoms with E-state index in [1.165, 1.54) is 29.8 Å². The fraction of sp³-hybridized carbons (Fsp3) is 0.316. The summed E-state index contributed by atoms with van der Waals surface area (Å²) in [5.41, 5.74) is 1.74. The molecule has 0 atom stereocenters. The van der Waals surface area contributed by atoms with E-state index >= 15 is 0 Å². The van der Waals surface area contributed by atoms with Crippen LogP contribution in [0.15, 0.2) is 48.5 Å². The molecule has 1 amide bonds. The molecule has 2 aromatic carbocycles. The molecular weight excluding hydrogens is 293 g/mol. The number of ether oxygens (including phenoxy) is 1. The van der Waals surface area contributed by atoms with Crippen LogP contribution in [0.25, 0.3) is 0 Å². The second-order valence-corrected chi connectivity index (χ2v) is 5.93. The summed E-state index contributed by atoms with van der Waals surface area (Å²) in [6.45, 7) is 3.36. The number of amides is 1. The molecule has 1 fully saturated rings. The molecular formula is C19H20FNO2. The van der Waals surface area contributed by atoms with Gasteiger partial charge in [-0.2, -0.15) is 0 Å². The summed E-state index contributed by atoms with van der Waals surface area (Å²) in [6.07, 6.45) is 1.75. The van der Waals surface area contributed by atoms with Gasteiger partial charge in [-0.3, -0.25) is 4.79 Å². The van der Waals surface area contributed by atoms with Crippen LogP contribution in [0.5, 0.6) is 5.75 Å². The second kappa shape index (κ2) is 6.82. The molecule has 1 aliphatic heterocycles. The Morgan fingerprint density at radius 1 is 1.04 bits per heavy atom. The normalized spacial score (nSPS) is 15.5. The third-order valence-corrected chi connectivity index (χ3v) is 4.14. The smallest absolute Gasteiger partial charge is 0.253 e. The molecule has 1 saturated heterocycles. The minimum atomic E-state index is -0.327. The van der Waals surface area contributed by atoms with Gasteiger partial charge < -0.3 is 9.64 Å². The average Bonchev–Trinajstić information content (AvgIpc) is 2.58. The molecule has 0 N–H and O–H groups in total. The zero-order valence-electron chi connectivity index (χ0n) is 13.2. The van der Waals surface area contributed by atoms with Gasteiger partial charge in [0.05, 0.1) is 0 Å². The molecule has 2 aromatic rings. The minimum absolute atomic E-state index is 0.0428. The van der Waals surface area contributed by atoms with E-state index in [0.717, 1.165) is 18.6 Å². The first-order valence-electron chi connectivity index (χ1n) is 7.90. The van der Waals surface area contributed by atoms with Gasteiger partial charge in [-0.15, -0.1) is 0 Å². The van der Waals surface area contributed by atoms with Crippen LogP contribution in [-0.2, 0) is 0 Å². The third kappa shape index (κ3) is 3.89. The van der Waals surface area contributed by atoms with Crippen molar-refractivity contribution < 1.29 is 13.9 Å². The molecule has 3 rings (SSSR count). The van der Waals surface area contributed by atoms with Gasteiger partial charge in [0, 0.05) is 31.5 Å².